The average molecular weight is 386 g/mol. The van der Waals surface area contributed by atoms with Crippen LogP contribution < -0.4 is 4.90 Å². The molecule has 0 radical (unpaired) electrons. The second kappa shape index (κ2) is 8.12. The largest absolute Gasteiger partial charge is 0.466 e. The van der Waals surface area contributed by atoms with Crippen LogP contribution in [0, 0.1) is 11.8 Å². The summed E-state index contributed by atoms with van der Waals surface area (Å²) >= 11 is 0. The van der Waals surface area contributed by atoms with Gasteiger partial charge in [0.15, 0.2) is 11.5 Å². The Labute approximate surface area is 163 Å². The second-order valence-electron chi connectivity index (χ2n) is 7.44. The molecule has 2 aromatic rings. The Morgan fingerprint density at radius 3 is 2.75 bits per heavy atom. The Morgan fingerprint density at radius 2 is 1.96 bits per heavy atom. The van der Waals surface area contributed by atoms with Gasteiger partial charge >= 0.3 is 5.97 Å². The van der Waals surface area contributed by atoms with Crippen molar-refractivity contribution in [2.45, 2.75) is 32.6 Å². The van der Waals surface area contributed by atoms with E-state index in [0.29, 0.717) is 44.7 Å². The molecule has 4 heterocycles. The average Bonchev–Trinajstić information content (AvgIpc) is 3.22. The van der Waals surface area contributed by atoms with Crippen molar-refractivity contribution in [3.8, 4) is 0 Å². The van der Waals surface area contributed by atoms with E-state index in [0.717, 1.165) is 30.7 Å². The zero-order chi connectivity index (χ0) is 19.5. The van der Waals surface area contributed by atoms with Gasteiger partial charge in [0.25, 0.3) is 0 Å². The number of carbonyl (C=O) groups excluding carboxylic acids is 2. The van der Waals surface area contributed by atoms with Gasteiger partial charge in [0.2, 0.25) is 5.91 Å². The first-order chi connectivity index (χ1) is 13.7. The first-order valence-corrected chi connectivity index (χ1v) is 10.0. The summed E-state index contributed by atoms with van der Waals surface area (Å²) in [4.78, 5) is 44.9. The molecule has 2 fully saturated rings. The van der Waals surface area contributed by atoms with E-state index in [4.69, 9.17) is 4.74 Å². The number of amides is 1. The normalized spacial score (nSPS) is 21.1. The van der Waals surface area contributed by atoms with Crippen molar-refractivity contribution in [1.29, 1.82) is 0 Å². The molecule has 9 heteroatoms. The number of anilines is 1. The van der Waals surface area contributed by atoms with Crippen LogP contribution in [0.3, 0.4) is 0 Å². The summed E-state index contributed by atoms with van der Waals surface area (Å²) in [6, 6.07) is 0. The third-order valence-electron chi connectivity index (χ3n) is 5.70. The molecule has 2 saturated heterocycles. The molecule has 1 amide bonds. The van der Waals surface area contributed by atoms with Gasteiger partial charge < -0.3 is 19.5 Å². The summed E-state index contributed by atoms with van der Waals surface area (Å²) in [5.41, 5.74) is 1.45. The fourth-order valence-corrected chi connectivity index (χ4v) is 4.22. The molecule has 2 aliphatic rings. The highest BCUT2D eigenvalue weighted by atomic mass is 16.5. The molecule has 150 valence electrons. The number of imidazole rings is 1. The number of rotatable bonds is 4. The Bertz CT molecular complexity index is 845. The minimum atomic E-state index is -0.134. The highest BCUT2D eigenvalue weighted by molar-refractivity contribution is 5.84. The summed E-state index contributed by atoms with van der Waals surface area (Å²) in [7, 11) is 0. The van der Waals surface area contributed by atoms with Gasteiger partial charge in [-0.3, -0.25) is 9.59 Å². The third kappa shape index (κ3) is 3.65. The Kier molecular flexibility index (Phi) is 5.40. The van der Waals surface area contributed by atoms with E-state index < -0.39 is 0 Å². The predicted molar refractivity (Wildman–Crippen MR) is 103 cm³/mol. The summed E-state index contributed by atoms with van der Waals surface area (Å²) in [6.07, 6.45) is 6.32. The van der Waals surface area contributed by atoms with Crippen LogP contribution in [0.25, 0.3) is 11.2 Å². The van der Waals surface area contributed by atoms with E-state index in [-0.39, 0.29) is 23.7 Å². The monoisotopic (exact) mass is 386 g/mol. The molecule has 0 bridgehead atoms. The second-order valence-corrected chi connectivity index (χ2v) is 7.44. The summed E-state index contributed by atoms with van der Waals surface area (Å²) in [5.74, 6) is 0.719. The highest BCUT2D eigenvalue weighted by Crippen LogP contribution is 2.28. The van der Waals surface area contributed by atoms with Gasteiger partial charge in [0.05, 0.1) is 24.8 Å². The number of aromatic amines is 1. The number of nitrogens with zero attached hydrogens (tertiary/aromatic N) is 5. The van der Waals surface area contributed by atoms with Crippen molar-refractivity contribution >= 4 is 28.9 Å². The standard InChI is InChI=1S/C19H26N6O3/c1-2-28-19(27)13-5-8-24(9-6-13)18(26)14-4-3-7-25(10-14)17-15-16(21-11-20-15)22-12-23-17/h11-14H,2-10H2,1H3,(H,20,21,22,23)/t14-/m1/s1. The van der Waals surface area contributed by atoms with Crippen LogP contribution in [0.2, 0.25) is 0 Å². The number of piperidine rings is 2. The van der Waals surface area contributed by atoms with Crippen LogP contribution in [0.4, 0.5) is 5.82 Å². The maximum Gasteiger partial charge on any atom is 0.309 e. The molecule has 4 rings (SSSR count). The Balaban J connectivity index is 1.39. The summed E-state index contributed by atoms with van der Waals surface area (Å²) in [6.45, 7) is 4.97. The lowest BCUT2D eigenvalue weighted by Gasteiger charge is -2.37. The Hall–Kier alpha value is -2.71. The number of aromatic nitrogens is 4. The van der Waals surface area contributed by atoms with Crippen molar-refractivity contribution in [3.63, 3.8) is 0 Å². The maximum absolute atomic E-state index is 13.1. The van der Waals surface area contributed by atoms with Crippen LogP contribution in [0.1, 0.15) is 32.6 Å². The van der Waals surface area contributed by atoms with Gasteiger partial charge in [-0.15, -0.1) is 0 Å². The number of hydrogen-bond donors (Lipinski definition) is 1. The minimum absolute atomic E-state index is 0.0548. The van der Waals surface area contributed by atoms with E-state index in [1.807, 2.05) is 11.8 Å². The molecule has 9 nitrogen and oxygen atoms in total. The number of ether oxygens (including phenoxy) is 1. The SMILES string of the molecule is CCOC(=O)C1CCN(C(=O)[C@@H]2CCCN(c3ncnc4nc[nH]c34)C2)CC1. The molecule has 28 heavy (non-hydrogen) atoms. The van der Waals surface area contributed by atoms with Crippen LogP contribution >= 0.6 is 0 Å². The molecule has 1 N–H and O–H groups in total. The summed E-state index contributed by atoms with van der Waals surface area (Å²) < 4.78 is 5.12. The predicted octanol–water partition coefficient (Wildman–Crippen LogP) is 1.37. The molecular formula is C19H26N6O3. The van der Waals surface area contributed by atoms with E-state index in [9.17, 15) is 9.59 Å². The van der Waals surface area contributed by atoms with Crippen LogP contribution in [-0.4, -0.2) is 69.5 Å². The van der Waals surface area contributed by atoms with Crippen molar-refractivity contribution in [2.24, 2.45) is 11.8 Å². The van der Waals surface area contributed by atoms with Crippen LogP contribution in [0.15, 0.2) is 12.7 Å². The van der Waals surface area contributed by atoms with Gasteiger partial charge in [-0.25, -0.2) is 15.0 Å². The first-order valence-electron chi connectivity index (χ1n) is 10.0. The first kappa shape index (κ1) is 18.6. The number of likely N-dealkylation sites (tertiary alicyclic amines) is 1. The molecule has 1 atom stereocenters. The fourth-order valence-electron chi connectivity index (χ4n) is 4.22. The third-order valence-corrected chi connectivity index (χ3v) is 5.70. The minimum Gasteiger partial charge on any atom is -0.466 e. The van der Waals surface area contributed by atoms with Gasteiger partial charge in [0, 0.05) is 26.2 Å². The maximum atomic E-state index is 13.1. The molecule has 0 aliphatic carbocycles. The lowest BCUT2D eigenvalue weighted by atomic mass is 9.93. The van der Waals surface area contributed by atoms with E-state index in [2.05, 4.69) is 24.8 Å². The topological polar surface area (TPSA) is 104 Å². The quantitative estimate of drug-likeness (QED) is 0.791. The molecular weight excluding hydrogens is 360 g/mol. The van der Waals surface area contributed by atoms with Gasteiger partial charge in [0.1, 0.15) is 11.8 Å². The number of esters is 1. The zero-order valence-corrected chi connectivity index (χ0v) is 16.1. The lowest BCUT2D eigenvalue weighted by molar-refractivity contribution is -0.151. The molecule has 0 saturated carbocycles. The van der Waals surface area contributed by atoms with Crippen LogP contribution in [0.5, 0.6) is 0 Å². The van der Waals surface area contributed by atoms with Crippen molar-refractivity contribution in [3.05, 3.63) is 12.7 Å². The number of nitrogens with one attached hydrogen (secondary N) is 1. The van der Waals surface area contributed by atoms with Crippen molar-refractivity contribution in [2.75, 3.05) is 37.7 Å². The molecule has 0 aromatic carbocycles. The van der Waals surface area contributed by atoms with E-state index in [1.54, 1.807) is 6.33 Å². The number of hydrogen-bond acceptors (Lipinski definition) is 7. The summed E-state index contributed by atoms with van der Waals surface area (Å²) in [5, 5.41) is 0. The molecule has 2 aromatic heterocycles. The number of carbonyl (C=O) groups is 2. The van der Waals surface area contributed by atoms with Gasteiger partial charge in [-0.05, 0) is 32.6 Å². The zero-order valence-electron chi connectivity index (χ0n) is 16.1. The number of fused-ring (bicyclic) bond motifs is 1. The smallest absolute Gasteiger partial charge is 0.309 e. The van der Waals surface area contributed by atoms with Crippen LogP contribution in [-0.2, 0) is 14.3 Å². The molecule has 0 spiro atoms. The Morgan fingerprint density at radius 1 is 1.14 bits per heavy atom. The molecule has 0 unspecified atom stereocenters. The lowest BCUT2D eigenvalue weighted by Crippen LogP contribution is -2.48. The van der Waals surface area contributed by atoms with E-state index in [1.165, 1.54) is 6.33 Å². The van der Waals surface area contributed by atoms with Gasteiger partial charge in [-0.2, -0.15) is 0 Å². The highest BCUT2D eigenvalue weighted by Gasteiger charge is 2.34. The molecule has 2 aliphatic heterocycles. The van der Waals surface area contributed by atoms with Crippen molar-refractivity contribution in [1.82, 2.24) is 24.8 Å². The van der Waals surface area contributed by atoms with E-state index >= 15 is 0 Å². The number of H-pyrrole nitrogens is 1. The fraction of sp³-hybridized carbons (Fsp3) is 0.632. The van der Waals surface area contributed by atoms with Crippen molar-refractivity contribution < 1.29 is 14.3 Å². The van der Waals surface area contributed by atoms with Gasteiger partial charge in [-0.1, -0.05) is 0 Å².